The summed E-state index contributed by atoms with van der Waals surface area (Å²) in [5, 5.41) is 0.582. The number of rotatable bonds is 5. The number of halogens is 1. The van der Waals surface area contributed by atoms with Gasteiger partial charge in [-0.05, 0) is 36.6 Å². The number of ether oxygens (including phenoxy) is 1. The number of nitrogens with two attached hydrogens (primary N) is 1. The van der Waals surface area contributed by atoms with Gasteiger partial charge in [0.2, 0.25) is 0 Å². The normalized spacial score (nSPS) is 12.2. The molecule has 0 aliphatic heterocycles. The zero-order valence-corrected chi connectivity index (χ0v) is 11.6. The van der Waals surface area contributed by atoms with E-state index in [2.05, 4.69) is 11.9 Å². The van der Waals surface area contributed by atoms with E-state index in [1.165, 1.54) is 0 Å². The van der Waals surface area contributed by atoms with Crippen LogP contribution < -0.4 is 10.5 Å². The van der Waals surface area contributed by atoms with E-state index in [0.717, 1.165) is 18.4 Å². The summed E-state index contributed by atoms with van der Waals surface area (Å²) in [7, 11) is 0. The first kappa shape index (κ1) is 13.8. The van der Waals surface area contributed by atoms with Crippen molar-refractivity contribution in [2.45, 2.75) is 25.8 Å². The van der Waals surface area contributed by atoms with E-state index in [9.17, 15) is 0 Å². The van der Waals surface area contributed by atoms with Crippen LogP contribution in [-0.2, 0) is 6.42 Å². The van der Waals surface area contributed by atoms with Gasteiger partial charge >= 0.3 is 0 Å². The van der Waals surface area contributed by atoms with Gasteiger partial charge in [-0.3, -0.25) is 4.98 Å². The van der Waals surface area contributed by atoms with E-state index >= 15 is 0 Å². The molecule has 3 nitrogen and oxygen atoms in total. The van der Waals surface area contributed by atoms with Crippen LogP contribution in [0.3, 0.4) is 0 Å². The summed E-state index contributed by atoms with van der Waals surface area (Å²) >= 11 is 6.06. The molecule has 0 aliphatic carbocycles. The molecule has 100 valence electrons. The molecule has 0 radical (unpaired) electrons. The smallest absolute Gasteiger partial charge is 0.146 e. The maximum Gasteiger partial charge on any atom is 0.146 e. The highest BCUT2D eigenvalue weighted by Gasteiger charge is 2.06. The van der Waals surface area contributed by atoms with Crippen molar-refractivity contribution < 1.29 is 4.74 Å². The summed E-state index contributed by atoms with van der Waals surface area (Å²) in [6, 6.07) is 9.47. The van der Waals surface area contributed by atoms with Crippen LogP contribution in [-0.4, -0.2) is 11.0 Å². The van der Waals surface area contributed by atoms with E-state index in [1.807, 2.05) is 30.5 Å². The van der Waals surface area contributed by atoms with E-state index < -0.39 is 0 Å². The van der Waals surface area contributed by atoms with Gasteiger partial charge in [-0.15, -0.1) is 0 Å². The Morgan fingerprint density at radius 1 is 1.32 bits per heavy atom. The Balaban J connectivity index is 2.13. The SMILES string of the molecule is CCC(N)Cc1cncc(Oc2ccccc2Cl)c1. The highest BCUT2D eigenvalue weighted by molar-refractivity contribution is 6.32. The average Bonchev–Trinajstić information content (AvgIpc) is 2.42. The third kappa shape index (κ3) is 3.94. The summed E-state index contributed by atoms with van der Waals surface area (Å²) in [5.41, 5.74) is 7.01. The summed E-state index contributed by atoms with van der Waals surface area (Å²) in [5.74, 6) is 1.30. The van der Waals surface area contributed by atoms with Gasteiger partial charge in [0.25, 0.3) is 0 Å². The standard InChI is InChI=1S/C15H17ClN2O/c1-2-12(17)7-11-8-13(10-18-9-11)19-15-6-4-3-5-14(15)16/h3-6,8-10,12H,2,7,17H2,1H3. The van der Waals surface area contributed by atoms with Crippen molar-refractivity contribution >= 4 is 11.6 Å². The van der Waals surface area contributed by atoms with Crippen LogP contribution in [0.1, 0.15) is 18.9 Å². The largest absolute Gasteiger partial charge is 0.454 e. The molecular formula is C15H17ClN2O. The second-order valence-electron chi connectivity index (χ2n) is 4.43. The average molecular weight is 277 g/mol. The minimum Gasteiger partial charge on any atom is -0.454 e. The topological polar surface area (TPSA) is 48.1 Å². The lowest BCUT2D eigenvalue weighted by molar-refractivity contribution is 0.479. The maximum absolute atomic E-state index is 6.06. The van der Waals surface area contributed by atoms with Crippen LogP contribution in [0.25, 0.3) is 0 Å². The van der Waals surface area contributed by atoms with Crippen LogP contribution in [0.2, 0.25) is 5.02 Å². The highest BCUT2D eigenvalue weighted by atomic mass is 35.5. The number of benzene rings is 1. The molecule has 2 rings (SSSR count). The molecule has 1 aromatic carbocycles. The Morgan fingerprint density at radius 2 is 2.11 bits per heavy atom. The molecule has 1 unspecified atom stereocenters. The number of pyridine rings is 1. The van der Waals surface area contributed by atoms with E-state index in [0.29, 0.717) is 16.5 Å². The third-order valence-corrected chi connectivity index (χ3v) is 3.17. The second-order valence-corrected chi connectivity index (χ2v) is 4.84. The Bertz CT molecular complexity index is 545. The summed E-state index contributed by atoms with van der Waals surface area (Å²) < 4.78 is 5.73. The van der Waals surface area contributed by atoms with Crippen molar-refractivity contribution in [3.63, 3.8) is 0 Å². The summed E-state index contributed by atoms with van der Waals surface area (Å²) in [6.45, 7) is 2.07. The van der Waals surface area contributed by atoms with E-state index in [4.69, 9.17) is 22.1 Å². The van der Waals surface area contributed by atoms with Gasteiger partial charge in [-0.1, -0.05) is 30.7 Å². The number of para-hydroxylation sites is 1. The molecule has 0 saturated carbocycles. The molecule has 0 bridgehead atoms. The molecule has 1 aromatic heterocycles. The number of nitrogens with zero attached hydrogens (tertiary/aromatic N) is 1. The molecule has 19 heavy (non-hydrogen) atoms. The van der Waals surface area contributed by atoms with E-state index in [-0.39, 0.29) is 6.04 Å². The monoisotopic (exact) mass is 276 g/mol. The molecule has 1 atom stereocenters. The quantitative estimate of drug-likeness (QED) is 0.903. The van der Waals surface area contributed by atoms with Gasteiger partial charge in [-0.25, -0.2) is 0 Å². The van der Waals surface area contributed by atoms with Crippen molar-refractivity contribution in [2.75, 3.05) is 0 Å². The molecular weight excluding hydrogens is 260 g/mol. The predicted molar refractivity (Wildman–Crippen MR) is 77.7 cm³/mol. The molecule has 0 amide bonds. The Hall–Kier alpha value is -1.58. The Kier molecular flexibility index (Phi) is 4.77. The molecule has 2 N–H and O–H groups in total. The lowest BCUT2D eigenvalue weighted by atomic mass is 10.1. The minimum absolute atomic E-state index is 0.150. The lowest BCUT2D eigenvalue weighted by Crippen LogP contribution is -2.21. The third-order valence-electron chi connectivity index (χ3n) is 2.86. The highest BCUT2D eigenvalue weighted by Crippen LogP contribution is 2.28. The van der Waals surface area contributed by atoms with Gasteiger partial charge in [0.15, 0.2) is 0 Å². The van der Waals surface area contributed by atoms with E-state index in [1.54, 1.807) is 12.3 Å². The van der Waals surface area contributed by atoms with Crippen molar-refractivity contribution in [1.82, 2.24) is 4.98 Å². The summed E-state index contributed by atoms with van der Waals surface area (Å²) in [6.07, 6.45) is 5.22. The Morgan fingerprint density at radius 3 is 2.84 bits per heavy atom. The number of hydrogen-bond acceptors (Lipinski definition) is 3. The zero-order chi connectivity index (χ0) is 13.7. The fourth-order valence-electron chi connectivity index (χ4n) is 1.73. The predicted octanol–water partition coefficient (Wildman–Crippen LogP) is 3.81. The van der Waals surface area contributed by atoms with Crippen LogP contribution >= 0.6 is 11.6 Å². The van der Waals surface area contributed by atoms with Crippen LogP contribution in [0.5, 0.6) is 11.5 Å². The second kappa shape index (κ2) is 6.55. The molecule has 1 heterocycles. The zero-order valence-electron chi connectivity index (χ0n) is 10.8. The molecule has 0 fully saturated rings. The van der Waals surface area contributed by atoms with Gasteiger partial charge in [-0.2, -0.15) is 0 Å². The van der Waals surface area contributed by atoms with Crippen molar-refractivity contribution in [2.24, 2.45) is 5.73 Å². The first-order chi connectivity index (χ1) is 9.19. The van der Waals surface area contributed by atoms with Gasteiger partial charge < -0.3 is 10.5 Å². The first-order valence-corrected chi connectivity index (χ1v) is 6.68. The van der Waals surface area contributed by atoms with Crippen LogP contribution in [0, 0.1) is 0 Å². The first-order valence-electron chi connectivity index (χ1n) is 6.31. The van der Waals surface area contributed by atoms with Crippen LogP contribution in [0.15, 0.2) is 42.7 Å². The molecule has 0 saturated heterocycles. The number of aromatic nitrogens is 1. The molecule has 0 aliphatic rings. The van der Waals surface area contributed by atoms with Crippen molar-refractivity contribution in [1.29, 1.82) is 0 Å². The fraction of sp³-hybridized carbons (Fsp3) is 0.267. The van der Waals surface area contributed by atoms with Crippen LogP contribution in [0.4, 0.5) is 0 Å². The molecule has 2 aromatic rings. The fourth-order valence-corrected chi connectivity index (χ4v) is 1.91. The van der Waals surface area contributed by atoms with Gasteiger partial charge in [0, 0.05) is 12.2 Å². The van der Waals surface area contributed by atoms with Gasteiger partial charge in [0.1, 0.15) is 11.5 Å². The minimum atomic E-state index is 0.150. The molecule has 4 heteroatoms. The molecule has 0 spiro atoms. The maximum atomic E-state index is 6.06. The van der Waals surface area contributed by atoms with Gasteiger partial charge in [0.05, 0.1) is 11.2 Å². The summed E-state index contributed by atoms with van der Waals surface area (Å²) in [4.78, 5) is 4.17. The Labute approximate surface area is 118 Å². The lowest BCUT2D eigenvalue weighted by Gasteiger charge is -2.11. The number of hydrogen-bond donors (Lipinski definition) is 1. The van der Waals surface area contributed by atoms with Crippen molar-refractivity contribution in [3.05, 3.63) is 53.3 Å². The van der Waals surface area contributed by atoms with Crippen molar-refractivity contribution in [3.8, 4) is 11.5 Å².